The first kappa shape index (κ1) is 11.0. The van der Waals surface area contributed by atoms with E-state index in [1.165, 1.54) is 0 Å². The van der Waals surface area contributed by atoms with E-state index in [0.717, 1.165) is 0 Å². The van der Waals surface area contributed by atoms with Gasteiger partial charge in [-0.05, 0) is 12.1 Å². The molecule has 2 aromatic heterocycles. The minimum atomic E-state index is 0.547. The number of rotatable bonds is 3. The molecule has 0 aliphatic carbocycles. The molecule has 6 nitrogen and oxygen atoms in total. The summed E-state index contributed by atoms with van der Waals surface area (Å²) in [6, 6.07) is 7.10. The molecule has 0 spiro atoms. The molecular weight excluding hydrogens is 218 g/mol. The minimum Gasteiger partial charge on any atom is -0.481 e. The van der Waals surface area contributed by atoms with Gasteiger partial charge in [0, 0.05) is 19.3 Å². The number of methoxy groups -OCH3 is 1. The van der Waals surface area contributed by atoms with Crippen molar-refractivity contribution in [3.05, 3.63) is 30.0 Å². The summed E-state index contributed by atoms with van der Waals surface area (Å²) in [6.07, 6.45) is 1.57. The van der Waals surface area contributed by atoms with Gasteiger partial charge in [0.25, 0.3) is 0 Å². The van der Waals surface area contributed by atoms with E-state index < -0.39 is 0 Å². The third kappa shape index (κ3) is 2.34. The average Bonchev–Trinajstić information content (AvgIpc) is 2.69. The number of hydrogen-bond donors (Lipinski definition) is 1. The van der Waals surface area contributed by atoms with E-state index in [9.17, 15) is 0 Å². The Labute approximate surface area is 98.5 Å². The largest absolute Gasteiger partial charge is 0.481 e. The Balaban J connectivity index is 2.22. The van der Waals surface area contributed by atoms with Crippen LogP contribution in [0, 0.1) is 11.3 Å². The van der Waals surface area contributed by atoms with Crippen LogP contribution in [0.4, 0.5) is 11.6 Å². The summed E-state index contributed by atoms with van der Waals surface area (Å²) in [6.45, 7) is 0. The van der Waals surface area contributed by atoms with Gasteiger partial charge in [0.2, 0.25) is 5.88 Å². The molecule has 0 saturated carbocycles. The summed E-state index contributed by atoms with van der Waals surface area (Å²) >= 11 is 0. The van der Waals surface area contributed by atoms with Crippen LogP contribution in [0.1, 0.15) is 5.56 Å². The second-order valence-corrected chi connectivity index (χ2v) is 3.36. The SMILES string of the molecule is COc1cc(Nc2cc(C#N)ccn2)nn1C. The predicted octanol–water partition coefficient (Wildman–Crippen LogP) is 1.44. The third-order valence-corrected chi connectivity index (χ3v) is 2.19. The molecule has 6 heteroatoms. The Kier molecular flexibility index (Phi) is 2.92. The van der Waals surface area contributed by atoms with Gasteiger partial charge >= 0.3 is 0 Å². The Bertz CT molecular complexity index is 569. The summed E-state index contributed by atoms with van der Waals surface area (Å²) < 4.78 is 6.70. The van der Waals surface area contributed by atoms with E-state index in [-0.39, 0.29) is 0 Å². The Morgan fingerprint density at radius 1 is 1.41 bits per heavy atom. The fourth-order valence-corrected chi connectivity index (χ4v) is 1.40. The second-order valence-electron chi connectivity index (χ2n) is 3.36. The van der Waals surface area contributed by atoms with E-state index >= 15 is 0 Å². The van der Waals surface area contributed by atoms with Gasteiger partial charge in [-0.25, -0.2) is 9.67 Å². The lowest BCUT2D eigenvalue weighted by Crippen LogP contribution is -1.97. The van der Waals surface area contributed by atoms with Crippen LogP contribution in [0.15, 0.2) is 24.4 Å². The molecule has 0 saturated heterocycles. The van der Waals surface area contributed by atoms with Crippen LogP contribution >= 0.6 is 0 Å². The monoisotopic (exact) mass is 229 g/mol. The standard InChI is InChI=1S/C11H11N5O/c1-16-11(17-2)6-10(15-16)14-9-5-8(7-12)3-4-13-9/h3-6H,1-2H3,(H,13,14,15). The van der Waals surface area contributed by atoms with Gasteiger partial charge in [-0.3, -0.25) is 0 Å². The molecule has 0 aromatic carbocycles. The van der Waals surface area contributed by atoms with Crippen LogP contribution < -0.4 is 10.1 Å². The van der Waals surface area contributed by atoms with Gasteiger partial charge < -0.3 is 10.1 Å². The van der Waals surface area contributed by atoms with Crippen LogP contribution in [0.5, 0.6) is 5.88 Å². The fraction of sp³-hybridized carbons (Fsp3) is 0.182. The van der Waals surface area contributed by atoms with Crippen molar-refractivity contribution in [3.8, 4) is 11.9 Å². The molecule has 1 N–H and O–H groups in total. The van der Waals surface area contributed by atoms with E-state index in [4.69, 9.17) is 10.00 Å². The molecule has 2 rings (SSSR count). The number of anilines is 2. The molecule has 0 amide bonds. The fourth-order valence-electron chi connectivity index (χ4n) is 1.40. The number of aromatic nitrogens is 3. The third-order valence-electron chi connectivity index (χ3n) is 2.19. The zero-order valence-electron chi connectivity index (χ0n) is 9.51. The summed E-state index contributed by atoms with van der Waals surface area (Å²) in [7, 11) is 3.36. The summed E-state index contributed by atoms with van der Waals surface area (Å²) in [5.74, 6) is 1.83. The van der Waals surface area contributed by atoms with E-state index in [1.807, 2.05) is 0 Å². The first-order valence-corrected chi connectivity index (χ1v) is 4.94. The van der Waals surface area contributed by atoms with Crippen LogP contribution in [-0.4, -0.2) is 21.9 Å². The quantitative estimate of drug-likeness (QED) is 0.861. The Morgan fingerprint density at radius 3 is 2.88 bits per heavy atom. The van der Waals surface area contributed by atoms with Gasteiger partial charge in [0.1, 0.15) is 5.82 Å². The smallest absolute Gasteiger partial charge is 0.213 e. The van der Waals surface area contributed by atoms with Gasteiger partial charge in [-0.1, -0.05) is 0 Å². The molecule has 2 aromatic rings. The van der Waals surface area contributed by atoms with E-state index in [0.29, 0.717) is 23.1 Å². The van der Waals surface area contributed by atoms with Crippen LogP contribution in [-0.2, 0) is 7.05 Å². The van der Waals surface area contributed by atoms with Crippen molar-refractivity contribution in [1.82, 2.24) is 14.8 Å². The topological polar surface area (TPSA) is 75.8 Å². The Hall–Kier alpha value is -2.55. The van der Waals surface area contributed by atoms with Crippen molar-refractivity contribution in [2.24, 2.45) is 7.05 Å². The van der Waals surface area contributed by atoms with E-state index in [1.54, 1.807) is 43.2 Å². The molecule has 0 fully saturated rings. The van der Waals surface area contributed by atoms with Gasteiger partial charge in [0.15, 0.2) is 5.82 Å². The zero-order valence-corrected chi connectivity index (χ0v) is 9.51. The Morgan fingerprint density at radius 2 is 2.24 bits per heavy atom. The highest BCUT2D eigenvalue weighted by Gasteiger charge is 2.05. The van der Waals surface area contributed by atoms with Crippen molar-refractivity contribution < 1.29 is 4.74 Å². The average molecular weight is 229 g/mol. The first-order chi connectivity index (χ1) is 8.22. The number of pyridine rings is 1. The number of nitrogens with zero attached hydrogens (tertiary/aromatic N) is 4. The highest BCUT2D eigenvalue weighted by atomic mass is 16.5. The van der Waals surface area contributed by atoms with Gasteiger partial charge in [-0.15, -0.1) is 0 Å². The molecule has 17 heavy (non-hydrogen) atoms. The maximum absolute atomic E-state index is 8.77. The molecule has 0 bridgehead atoms. The lowest BCUT2D eigenvalue weighted by molar-refractivity contribution is 0.373. The maximum Gasteiger partial charge on any atom is 0.213 e. The van der Waals surface area contributed by atoms with Crippen molar-refractivity contribution in [1.29, 1.82) is 5.26 Å². The molecule has 2 heterocycles. The summed E-state index contributed by atoms with van der Waals surface area (Å²) in [5.41, 5.74) is 0.547. The number of ether oxygens (including phenoxy) is 1. The maximum atomic E-state index is 8.77. The zero-order chi connectivity index (χ0) is 12.3. The number of aryl methyl sites for hydroxylation is 1. The first-order valence-electron chi connectivity index (χ1n) is 4.94. The van der Waals surface area contributed by atoms with Crippen LogP contribution in [0.2, 0.25) is 0 Å². The molecule has 0 radical (unpaired) electrons. The lowest BCUT2D eigenvalue weighted by atomic mass is 10.3. The number of hydrogen-bond acceptors (Lipinski definition) is 5. The number of nitrogens with one attached hydrogen (secondary N) is 1. The number of nitriles is 1. The van der Waals surface area contributed by atoms with Crippen molar-refractivity contribution >= 4 is 11.6 Å². The normalized spacial score (nSPS) is 9.71. The lowest BCUT2D eigenvalue weighted by Gasteiger charge is -2.00. The summed E-state index contributed by atoms with van der Waals surface area (Å²) in [4.78, 5) is 4.10. The molecule has 0 aliphatic rings. The molecule has 0 atom stereocenters. The molecule has 0 aliphatic heterocycles. The van der Waals surface area contributed by atoms with Crippen LogP contribution in [0.25, 0.3) is 0 Å². The molecule has 86 valence electrons. The highest BCUT2D eigenvalue weighted by molar-refractivity contribution is 5.54. The highest BCUT2D eigenvalue weighted by Crippen LogP contribution is 2.18. The minimum absolute atomic E-state index is 0.547. The summed E-state index contributed by atoms with van der Waals surface area (Å²) in [5, 5.41) is 16.0. The second kappa shape index (κ2) is 4.53. The van der Waals surface area contributed by atoms with Crippen molar-refractivity contribution in [3.63, 3.8) is 0 Å². The van der Waals surface area contributed by atoms with Crippen molar-refractivity contribution in [2.75, 3.05) is 12.4 Å². The molecular formula is C11H11N5O. The molecule has 0 unspecified atom stereocenters. The van der Waals surface area contributed by atoms with Gasteiger partial charge in [0.05, 0.1) is 18.7 Å². The van der Waals surface area contributed by atoms with E-state index in [2.05, 4.69) is 21.5 Å². The van der Waals surface area contributed by atoms with Gasteiger partial charge in [-0.2, -0.15) is 10.4 Å². The van der Waals surface area contributed by atoms with Crippen molar-refractivity contribution in [2.45, 2.75) is 0 Å². The predicted molar refractivity (Wildman–Crippen MR) is 62.0 cm³/mol. The van der Waals surface area contributed by atoms with Crippen LogP contribution in [0.3, 0.4) is 0 Å².